The van der Waals surface area contributed by atoms with Crippen molar-refractivity contribution in [1.82, 2.24) is 5.32 Å². The highest BCUT2D eigenvalue weighted by Crippen LogP contribution is 2.24. The van der Waals surface area contributed by atoms with Gasteiger partial charge in [0.15, 0.2) is 0 Å². The molecule has 0 aliphatic carbocycles. The highest BCUT2D eigenvalue weighted by atomic mass is 16.5. The van der Waals surface area contributed by atoms with Crippen LogP contribution in [0.3, 0.4) is 0 Å². The maximum Gasteiger partial charge on any atom is 0.119 e. The summed E-state index contributed by atoms with van der Waals surface area (Å²) < 4.78 is 11.4. The Bertz CT molecular complexity index is 398. The lowest BCUT2D eigenvalue weighted by Crippen LogP contribution is -2.25. The average molecular weight is 293 g/mol. The minimum absolute atomic E-state index is 0.0778. The second kappa shape index (κ2) is 9.06. The first-order chi connectivity index (χ1) is 9.96. The van der Waals surface area contributed by atoms with E-state index in [-0.39, 0.29) is 6.10 Å². The van der Waals surface area contributed by atoms with Gasteiger partial charge in [0.05, 0.1) is 13.2 Å². The maximum atomic E-state index is 6.13. The summed E-state index contributed by atoms with van der Waals surface area (Å²) in [5.74, 6) is 0.882. The highest BCUT2D eigenvalue weighted by Gasteiger charge is 2.15. The first kappa shape index (κ1) is 18.0. The van der Waals surface area contributed by atoms with E-state index in [1.807, 2.05) is 12.1 Å². The second-order valence-electron chi connectivity index (χ2n) is 6.65. The predicted molar refractivity (Wildman–Crippen MR) is 88.9 cm³/mol. The second-order valence-corrected chi connectivity index (χ2v) is 6.65. The van der Waals surface area contributed by atoms with Crippen LogP contribution in [-0.2, 0) is 4.74 Å². The molecule has 1 aromatic rings. The number of ether oxygens (including phenoxy) is 2. The normalized spacial score (nSPS) is 13.2. The third-order valence-electron chi connectivity index (χ3n) is 3.39. The fraction of sp³-hybridized carbons (Fsp3) is 0.667. The molecule has 0 fully saturated rings. The molecule has 1 rings (SSSR count). The number of hydrogen-bond donors (Lipinski definition) is 1. The van der Waals surface area contributed by atoms with Crippen LogP contribution in [0.1, 0.15) is 52.2 Å². The van der Waals surface area contributed by atoms with Gasteiger partial charge in [-0.05, 0) is 42.5 Å². The summed E-state index contributed by atoms with van der Waals surface area (Å²) in [6.07, 6.45) is 2.27. The van der Waals surface area contributed by atoms with Crippen LogP contribution >= 0.6 is 0 Å². The Morgan fingerprint density at radius 1 is 1.24 bits per heavy atom. The smallest absolute Gasteiger partial charge is 0.119 e. The molecule has 0 radical (unpaired) electrons. The molecule has 0 bridgehead atoms. The fourth-order valence-electron chi connectivity index (χ4n) is 2.03. The summed E-state index contributed by atoms with van der Waals surface area (Å²) in [5.41, 5.74) is 1.47. The molecule has 21 heavy (non-hydrogen) atoms. The molecule has 1 unspecified atom stereocenters. The van der Waals surface area contributed by atoms with Crippen molar-refractivity contribution in [2.75, 3.05) is 26.8 Å². The summed E-state index contributed by atoms with van der Waals surface area (Å²) in [4.78, 5) is 0. The van der Waals surface area contributed by atoms with Crippen molar-refractivity contribution in [1.29, 1.82) is 0 Å². The number of nitrogens with one attached hydrogen (secondary N) is 1. The molecule has 3 nitrogen and oxygen atoms in total. The quantitative estimate of drug-likeness (QED) is 0.693. The molecule has 0 aliphatic rings. The Hall–Kier alpha value is -1.06. The number of hydrogen-bond acceptors (Lipinski definition) is 3. The Morgan fingerprint density at radius 3 is 2.62 bits per heavy atom. The molecule has 0 saturated carbocycles. The van der Waals surface area contributed by atoms with Crippen molar-refractivity contribution in [3.8, 4) is 5.75 Å². The predicted octanol–water partition coefficient (Wildman–Crippen LogP) is 4.19. The number of benzene rings is 1. The van der Waals surface area contributed by atoms with Crippen LogP contribution < -0.4 is 10.1 Å². The third kappa shape index (κ3) is 7.49. The molecule has 1 N–H and O–H groups in total. The van der Waals surface area contributed by atoms with Crippen LogP contribution in [-0.4, -0.2) is 26.8 Å². The van der Waals surface area contributed by atoms with Gasteiger partial charge in [-0.15, -0.1) is 0 Å². The minimum atomic E-state index is 0.0778. The SMILES string of the molecule is CCCNCC(OCCC(C)(C)C)c1cccc(OC)c1. The van der Waals surface area contributed by atoms with Crippen molar-refractivity contribution in [2.24, 2.45) is 5.41 Å². The van der Waals surface area contributed by atoms with Gasteiger partial charge < -0.3 is 14.8 Å². The van der Waals surface area contributed by atoms with E-state index in [0.29, 0.717) is 5.41 Å². The van der Waals surface area contributed by atoms with Crippen molar-refractivity contribution < 1.29 is 9.47 Å². The lowest BCUT2D eigenvalue weighted by molar-refractivity contribution is 0.0369. The Labute approximate surface area is 130 Å². The van der Waals surface area contributed by atoms with Gasteiger partial charge >= 0.3 is 0 Å². The van der Waals surface area contributed by atoms with E-state index in [2.05, 4.69) is 45.1 Å². The topological polar surface area (TPSA) is 30.5 Å². The first-order valence-corrected chi connectivity index (χ1v) is 7.92. The van der Waals surface area contributed by atoms with Gasteiger partial charge in [0.2, 0.25) is 0 Å². The summed E-state index contributed by atoms with van der Waals surface area (Å²) >= 11 is 0. The fourth-order valence-corrected chi connectivity index (χ4v) is 2.03. The van der Waals surface area contributed by atoms with E-state index in [0.717, 1.165) is 38.3 Å². The molecule has 1 atom stereocenters. The molecule has 0 spiro atoms. The maximum absolute atomic E-state index is 6.13. The van der Waals surface area contributed by atoms with Crippen LogP contribution in [0.25, 0.3) is 0 Å². The monoisotopic (exact) mass is 293 g/mol. The van der Waals surface area contributed by atoms with Gasteiger partial charge in [0, 0.05) is 13.2 Å². The zero-order chi connectivity index (χ0) is 15.7. The lowest BCUT2D eigenvalue weighted by atomic mass is 9.93. The van der Waals surface area contributed by atoms with Crippen LogP contribution in [0, 0.1) is 5.41 Å². The van der Waals surface area contributed by atoms with Crippen LogP contribution in [0.4, 0.5) is 0 Å². The molecule has 0 aliphatic heterocycles. The summed E-state index contributed by atoms with van der Waals surface area (Å²) in [5, 5.41) is 3.45. The van der Waals surface area contributed by atoms with Crippen molar-refractivity contribution >= 4 is 0 Å². The summed E-state index contributed by atoms with van der Waals surface area (Å²) in [7, 11) is 1.70. The number of methoxy groups -OCH3 is 1. The Morgan fingerprint density at radius 2 is 2.00 bits per heavy atom. The summed E-state index contributed by atoms with van der Waals surface area (Å²) in [6, 6.07) is 8.16. The van der Waals surface area contributed by atoms with E-state index in [1.54, 1.807) is 7.11 Å². The Balaban J connectivity index is 2.66. The van der Waals surface area contributed by atoms with Crippen LogP contribution in [0.15, 0.2) is 24.3 Å². The van der Waals surface area contributed by atoms with Gasteiger partial charge in [-0.1, -0.05) is 39.8 Å². The van der Waals surface area contributed by atoms with Crippen LogP contribution in [0.5, 0.6) is 5.75 Å². The summed E-state index contributed by atoms with van der Waals surface area (Å²) in [6.45, 7) is 11.5. The van der Waals surface area contributed by atoms with E-state index in [1.165, 1.54) is 5.56 Å². The number of rotatable bonds is 9. The van der Waals surface area contributed by atoms with Crippen molar-refractivity contribution in [3.05, 3.63) is 29.8 Å². The molecule has 0 aromatic heterocycles. The standard InChI is InChI=1S/C18H31NO2/c1-6-11-19-14-17(21-12-10-18(2,3)4)15-8-7-9-16(13-15)20-5/h7-9,13,17,19H,6,10-12,14H2,1-5H3. The van der Waals surface area contributed by atoms with Gasteiger partial charge in [-0.25, -0.2) is 0 Å². The molecule has 0 amide bonds. The third-order valence-corrected chi connectivity index (χ3v) is 3.39. The molecule has 1 aromatic carbocycles. The molecule has 0 heterocycles. The average Bonchev–Trinajstić information content (AvgIpc) is 2.44. The van der Waals surface area contributed by atoms with E-state index in [9.17, 15) is 0 Å². The largest absolute Gasteiger partial charge is 0.497 e. The molecule has 3 heteroatoms. The lowest BCUT2D eigenvalue weighted by Gasteiger charge is -2.23. The van der Waals surface area contributed by atoms with Gasteiger partial charge in [0.25, 0.3) is 0 Å². The van der Waals surface area contributed by atoms with E-state index < -0.39 is 0 Å². The van der Waals surface area contributed by atoms with Crippen LogP contribution in [0.2, 0.25) is 0 Å². The molecule has 120 valence electrons. The molecular weight excluding hydrogens is 262 g/mol. The van der Waals surface area contributed by atoms with Crippen molar-refractivity contribution in [2.45, 2.75) is 46.6 Å². The zero-order valence-corrected chi connectivity index (χ0v) is 14.2. The first-order valence-electron chi connectivity index (χ1n) is 7.92. The molecule has 0 saturated heterocycles. The van der Waals surface area contributed by atoms with E-state index >= 15 is 0 Å². The zero-order valence-electron chi connectivity index (χ0n) is 14.2. The minimum Gasteiger partial charge on any atom is -0.497 e. The van der Waals surface area contributed by atoms with E-state index in [4.69, 9.17) is 9.47 Å². The van der Waals surface area contributed by atoms with Crippen molar-refractivity contribution in [3.63, 3.8) is 0 Å². The van der Waals surface area contributed by atoms with Gasteiger partial charge in [0.1, 0.15) is 5.75 Å². The Kier molecular flexibility index (Phi) is 7.76. The highest BCUT2D eigenvalue weighted by molar-refractivity contribution is 5.30. The molecular formula is C18H31NO2. The van der Waals surface area contributed by atoms with Gasteiger partial charge in [-0.3, -0.25) is 0 Å². The van der Waals surface area contributed by atoms with Gasteiger partial charge in [-0.2, -0.15) is 0 Å².